The van der Waals surface area contributed by atoms with Gasteiger partial charge < -0.3 is 10.2 Å². The molecule has 1 atom stereocenters. The van der Waals surface area contributed by atoms with Crippen LogP contribution < -0.4 is 9.62 Å². The number of aryl methyl sites for hydroxylation is 1. The van der Waals surface area contributed by atoms with Gasteiger partial charge in [-0.15, -0.1) is 0 Å². The van der Waals surface area contributed by atoms with Gasteiger partial charge in [0, 0.05) is 12.1 Å². The molecule has 0 saturated carbocycles. The minimum atomic E-state index is -4.14. The van der Waals surface area contributed by atoms with Gasteiger partial charge in [0.25, 0.3) is 10.0 Å². The van der Waals surface area contributed by atoms with E-state index in [9.17, 15) is 18.0 Å². The summed E-state index contributed by atoms with van der Waals surface area (Å²) in [5.74, 6) is -0.864. The molecular formula is C31H37Cl2N3O4S. The standard InChI is InChI=1S/C31H37Cl2N3O4S/c1-6-23-13-11-12-16-28(23)36(41(39,40)24-14-9-8-10-15-24)21-29(37)35(20-22-17-18-25(32)26(33)19-22)27(7-2)30(38)34-31(3,4)5/h8-19,27H,6-7,20-21H2,1-5H3,(H,34,38). The van der Waals surface area contributed by atoms with E-state index in [4.69, 9.17) is 23.2 Å². The third kappa shape index (κ3) is 8.24. The van der Waals surface area contributed by atoms with E-state index in [1.165, 1.54) is 17.0 Å². The highest BCUT2D eigenvalue weighted by Crippen LogP contribution is 2.29. The Hall–Kier alpha value is -3.07. The lowest BCUT2D eigenvalue weighted by molar-refractivity contribution is -0.141. The first-order valence-corrected chi connectivity index (χ1v) is 15.7. The van der Waals surface area contributed by atoms with Crippen molar-refractivity contribution in [2.45, 2.75) is 70.5 Å². The fraction of sp³-hybridized carbons (Fsp3) is 0.355. The lowest BCUT2D eigenvalue weighted by atomic mass is 10.1. The lowest BCUT2D eigenvalue weighted by Gasteiger charge is -2.35. The van der Waals surface area contributed by atoms with Gasteiger partial charge in [-0.2, -0.15) is 0 Å². The van der Waals surface area contributed by atoms with Gasteiger partial charge in [-0.05, 0) is 75.1 Å². The number of amides is 2. The summed E-state index contributed by atoms with van der Waals surface area (Å²) < 4.78 is 29.1. The van der Waals surface area contributed by atoms with Crippen LogP contribution in [0.5, 0.6) is 0 Å². The second kappa shape index (κ2) is 13.7. The minimum Gasteiger partial charge on any atom is -0.350 e. The van der Waals surface area contributed by atoms with E-state index < -0.39 is 34.1 Å². The molecule has 1 N–H and O–H groups in total. The highest BCUT2D eigenvalue weighted by atomic mass is 35.5. The number of carbonyl (C=O) groups is 2. The minimum absolute atomic E-state index is 0.0282. The number of rotatable bonds is 11. The lowest BCUT2D eigenvalue weighted by Crippen LogP contribution is -2.55. The summed E-state index contributed by atoms with van der Waals surface area (Å²) in [7, 11) is -4.14. The van der Waals surface area contributed by atoms with Crippen molar-refractivity contribution >= 4 is 50.7 Å². The van der Waals surface area contributed by atoms with Gasteiger partial charge in [0.1, 0.15) is 12.6 Å². The first-order chi connectivity index (χ1) is 19.3. The molecule has 0 heterocycles. The molecule has 1 unspecified atom stereocenters. The van der Waals surface area contributed by atoms with E-state index >= 15 is 0 Å². The first kappa shape index (κ1) is 32.4. The largest absolute Gasteiger partial charge is 0.350 e. The van der Waals surface area contributed by atoms with Crippen molar-refractivity contribution in [1.82, 2.24) is 10.2 Å². The highest BCUT2D eigenvalue weighted by molar-refractivity contribution is 7.92. The zero-order valence-electron chi connectivity index (χ0n) is 24.0. The maximum absolute atomic E-state index is 14.2. The van der Waals surface area contributed by atoms with Crippen molar-refractivity contribution in [3.8, 4) is 0 Å². The van der Waals surface area contributed by atoms with E-state index in [0.717, 1.165) is 9.87 Å². The molecule has 0 bridgehead atoms. The maximum Gasteiger partial charge on any atom is 0.264 e. The second-order valence-corrected chi connectivity index (χ2v) is 13.4. The molecule has 0 radical (unpaired) electrons. The molecule has 0 spiro atoms. The van der Waals surface area contributed by atoms with Crippen LogP contribution in [0.2, 0.25) is 10.0 Å². The Morgan fingerprint density at radius 1 is 0.902 bits per heavy atom. The van der Waals surface area contributed by atoms with Gasteiger partial charge in [0.15, 0.2) is 0 Å². The van der Waals surface area contributed by atoms with Gasteiger partial charge in [-0.3, -0.25) is 13.9 Å². The molecule has 0 aliphatic heterocycles. The van der Waals surface area contributed by atoms with Gasteiger partial charge in [-0.1, -0.05) is 79.5 Å². The molecule has 3 aromatic rings. The second-order valence-electron chi connectivity index (χ2n) is 10.7. The van der Waals surface area contributed by atoms with E-state index in [2.05, 4.69) is 5.32 Å². The Morgan fingerprint density at radius 2 is 1.54 bits per heavy atom. The SMILES string of the molecule is CCc1ccccc1N(CC(=O)N(Cc1ccc(Cl)c(Cl)c1)C(CC)C(=O)NC(C)(C)C)S(=O)(=O)c1ccccc1. The van der Waals surface area contributed by atoms with Crippen molar-refractivity contribution in [2.24, 2.45) is 0 Å². The smallest absolute Gasteiger partial charge is 0.264 e. The number of benzene rings is 3. The summed E-state index contributed by atoms with van der Waals surface area (Å²) in [6.07, 6.45) is 0.871. The number of carbonyl (C=O) groups excluding carboxylic acids is 2. The number of hydrogen-bond acceptors (Lipinski definition) is 4. The number of sulfonamides is 1. The number of nitrogens with one attached hydrogen (secondary N) is 1. The zero-order valence-corrected chi connectivity index (χ0v) is 26.4. The molecule has 220 valence electrons. The van der Waals surface area contributed by atoms with Crippen molar-refractivity contribution in [3.63, 3.8) is 0 Å². The van der Waals surface area contributed by atoms with E-state index in [-0.39, 0.29) is 17.3 Å². The van der Waals surface area contributed by atoms with E-state index in [1.807, 2.05) is 46.8 Å². The van der Waals surface area contributed by atoms with Crippen LogP contribution in [-0.2, 0) is 32.6 Å². The molecular weight excluding hydrogens is 581 g/mol. The Bertz CT molecular complexity index is 1470. The quantitative estimate of drug-likeness (QED) is 0.267. The Balaban J connectivity index is 2.11. The molecule has 41 heavy (non-hydrogen) atoms. The average Bonchev–Trinajstić information content (AvgIpc) is 2.92. The molecule has 2 amide bonds. The van der Waals surface area contributed by atoms with Crippen molar-refractivity contribution < 1.29 is 18.0 Å². The predicted molar refractivity (Wildman–Crippen MR) is 166 cm³/mol. The van der Waals surface area contributed by atoms with Crippen molar-refractivity contribution in [3.05, 3.63) is 94.0 Å². The van der Waals surface area contributed by atoms with E-state index in [1.54, 1.807) is 48.5 Å². The third-order valence-corrected chi connectivity index (χ3v) is 8.99. The summed E-state index contributed by atoms with van der Waals surface area (Å²) in [6, 6.07) is 19.2. The van der Waals surface area contributed by atoms with Gasteiger partial charge in [0.2, 0.25) is 11.8 Å². The zero-order chi connectivity index (χ0) is 30.4. The summed E-state index contributed by atoms with van der Waals surface area (Å²) in [6.45, 7) is 8.84. The molecule has 0 fully saturated rings. The summed E-state index contributed by atoms with van der Waals surface area (Å²) in [5, 5.41) is 3.64. The molecule has 0 aliphatic carbocycles. The number of hydrogen-bond donors (Lipinski definition) is 1. The summed E-state index contributed by atoms with van der Waals surface area (Å²) in [5.41, 5.74) is 1.30. The van der Waals surface area contributed by atoms with Crippen molar-refractivity contribution in [1.29, 1.82) is 0 Å². The monoisotopic (exact) mass is 617 g/mol. The fourth-order valence-electron chi connectivity index (χ4n) is 4.49. The molecule has 3 rings (SSSR count). The summed E-state index contributed by atoms with van der Waals surface area (Å²) in [4.78, 5) is 29.1. The maximum atomic E-state index is 14.2. The van der Waals surface area contributed by atoms with Crippen LogP contribution in [0.4, 0.5) is 5.69 Å². The van der Waals surface area contributed by atoms with Crippen LogP contribution in [0.3, 0.4) is 0 Å². The summed E-state index contributed by atoms with van der Waals surface area (Å²) >= 11 is 12.4. The van der Waals surface area contributed by atoms with Crippen LogP contribution in [0.15, 0.2) is 77.7 Å². The Labute approximate surface area is 253 Å². The predicted octanol–water partition coefficient (Wildman–Crippen LogP) is 6.47. The van der Waals surface area contributed by atoms with Gasteiger partial charge >= 0.3 is 0 Å². The topological polar surface area (TPSA) is 86.8 Å². The fourth-order valence-corrected chi connectivity index (χ4v) is 6.29. The first-order valence-electron chi connectivity index (χ1n) is 13.5. The van der Waals surface area contributed by atoms with Gasteiger partial charge in [0.05, 0.1) is 20.6 Å². The van der Waals surface area contributed by atoms with E-state index in [0.29, 0.717) is 34.1 Å². The molecule has 0 aromatic heterocycles. The normalized spacial score (nSPS) is 12.5. The number of para-hydroxylation sites is 1. The Kier molecular flexibility index (Phi) is 10.9. The van der Waals surface area contributed by atoms with Crippen LogP contribution in [-0.4, -0.2) is 43.3 Å². The van der Waals surface area contributed by atoms with Crippen LogP contribution in [0.25, 0.3) is 0 Å². The number of nitrogens with zero attached hydrogens (tertiary/aromatic N) is 2. The highest BCUT2D eigenvalue weighted by Gasteiger charge is 2.35. The van der Waals surface area contributed by atoms with Crippen LogP contribution in [0, 0.1) is 0 Å². The number of halogens is 2. The van der Waals surface area contributed by atoms with Gasteiger partial charge in [-0.25, -0.2) is 8.42 Å². The number of anilines is 1. The molecule has 3 aromatic carbocycles. The molecule has 0 aliphatic rings. The molecule has 7 nitrogen and oxygen atoms in total. The molecule has 10 heteroatoms. The van der Waals surface area contributed by atoms with Crippen LogP contribution >= 0.6 is 23.2 Å². The Morgan fingerprint density at radius 3 is 2.12 bits per heavy atom. The third-order valence-electron chi connectivity index (χ3n) is 6.47. The van der Waals surface area contributed by atoms with Crippen LogP contribution in [0.1, 0.15) is 52.2 Å². The molecule has 0 saturated heterocycles. The average molecular weight is 619 g/mol. The van der Waals surface area contributed by atoms with Crippen molar-refractivity contribution in [2.75, 3.05) is 10.8 Å².